The Hall–Kier alpha value is -1.91. The van der Waals surface area contributed by atoms with Gasteiger partial charge in [-0.15, -0.1) is 0 Å². The molecule has 1 atom stereocenters. The van der Waals surface area contributed by atoms with Crippen LogP contribution < -0.4 is 0 Å². The highest BCUT2D eigenvalue weighted by Crippen LogP contribution is 2.69. The minimum Gasteiger partial charge on any atom is -0.357 e. The predicted octanol–water partition coefficient (Wildman–Crippen LogP) is 5.65. The molecule has 178 valence electrons. The molecule has 17 heteroatoms. The lowest BCUT2D eigenvalue weighted by molar-refractivity contribution is -0.493. The molecule has 1 N–H and O–H groups in total. The molecule has 0 saturated heterocycles. The second-order valence-electron chi connectivity index (χ2n) is 6.19. The third-order valence-electron chi connectivity index (χ3n) is 4.35. The van der Waals surface area contributed by atoms with Crippen LogP contribution in [0.25, 0.3) is 0 Å². The lowest BCUT2D eigenvalue weighted by atomic mass is 9.79. The summed E-state index contributed by atoms with van der Waals surface area (Å²) < 4.78 is 203. The maximum absolute atomic E-state index is 14.2. The second-order valence-corrected chi connectivity index (χ2v) is 6.19. The zero-order chi connectivity index (χ0) is 24.7. The largest absolute Gasteiger partial charge is 0.459 e. The van der Waals surface area contributed by atoms with Crippen LogP contribution >= 0.6 is 0 Å². The highest BCUT2D eigenvalue weighted by atomic mass is 19.4. The first-order valence-electron chi connectivity index (χ1n) is 7.29. The van der Waals surface area contributed by atoms with Crippen LogP contribution in [0.1, 0.15) is 11.1 Å². The van der Waals surface area contributed by atoms with Crippen LogP contribution in [0.3, 0.4) is 0 Å². The molecule has 0 saturated carbocycles. The molecule has 1 heterocycles. The molecule has 0 aromatic heterocycles. The molecule has 0 bridgehead atoms. The maximum atomic E-state index is 14.2. The number of benzene rings is 1. The minimum atomic E-state index is -7.46. The first-order chi connectivity index (χ1) is 13.4. The van der Waals surface area contributed by atoms with Crippen molar-refractivity contribution >= 4 is 0 Å². The van der Waals surface area contributed by atoms with Crippen molar-refractivity contribution in [3.05, 3.63) is 35.4 Å². The molecule has 0 aliphatic carbocycles. The quantitative estimate of drug-likeness (QED) is 0.556. The Morgan fingerprint density at radius 2 is 0.871 bits per heavy atom. The van der Waals surface area contributed by atoms with Crippen molar-refractivity contribution in [2.45, 2.75) is 47.7 Å². The summed E-state index contributed by atoms with van der Waals surface area (Å²) in [6.45, 7) is 0. The Kier molecular flexibility index (Phi) is 5.17. The number of halogens is 15. The summed E-state index contributed by atoms with van der Waals surface area (Å²) in [6.07, 6.45) is -21.9. The summed E-state index contributed by atoms with van der Waals surface area (Å²) in [4.78, 5) is 0. The Labute approximate surface area is 160 Å². The van der Waals surface area contributed by atoms with E-state index in [-0.39, 0.29) is 18.2 Å². The maximum Gasteiger partial charge on any atom is 0.459 e. The predicted molar refractivity (Wildman–Crippen MR) is 66.1 cm³/mol. The molecule has 0 fully saturated rings. The van der Waals surface area contributed by atoms with Crippen LogP contribution in [0.2, 0.25) is 0 Å². The van der Waals surface area contributed by atoms with Crippen LogP contribution in [0.5, 0.6) is 0 Å². The highest BCUT2D eigenvalue weighted by Gasteiger charge is 2.92. The average molecular weight is 490 g/mol. The van der Waals surface area contributed by atoms with Gasteiger partial charge in [-0.3, -0.25) is 0 Å². The van der Waals surface area contributed by atoms with Crippen molar-refractivity contribution in [1.82, 2.24) is 0 Å². The van der Waals surface area contributed by atoms with Crippen molar-refractivity contribution in [1.29, 1.82) is 0 Å². The lowest BCUT2D eigenvalue weighted by Gasteiger charge is -2.44. The van der Waals surface area contributed by atoms with Crippen molar-refractivity contribution in [3.63, 3.8) is 0 Å². The summed E-state index contributed by atoms with van der Waals surface area (Å²) in [5, 5.41) is 9.71. The Bertz CT molecular complexity index is 824. The molecule has 1 aromatic rings. The zero-order valence-corrected chi connectivity index (χ0v) is 13.8. The van der Waals surface area contributed by atoms with Crippen molar-refractivity contribution in [2.24, 2.45) is 0 Å². The van der Waals surface area contributed by atoms with E-state index in [2.05, 4.69) is 4.74 Å². The number of ether oxygens (including phenoxy) is 1. The van der Waals surface area contributed by atoms with Crippen molar-refractivity contribution in [2.75, 3.05) is 0 Å². The topological polar surface area (TPSA) is 29.5 Å². The third kappa shape index (κ3) is 2.91. The second kappa shape index (κ2) is 6.32. The molecule has 2 rings (SSSR count). The third-order valence-corrected chi connectivity index (χ3v) is 4.35. The van der Waals surface area contributed by atoms with E-state index in [1.54, 1.807) is 0 Å². The fourth-order valence-corrected chi connectivity index (χ4v) is 2.91. The first-order valence-corrected chi connectivity index (χ1v) is 7.29. The van der Waals surface area contributed by atoms with Gasteiger partial charge >= 0.3 is 36.3 Å². The van der Waals surface area contributed by atoms with Gasteiger partial charge in [0.1, 0.15) is 0 Å². The molecule has 1 aromatic carbocycles. The molecule has 0 unspecified atom stereocenters. The summed E-state index contributed by atoms with van der Waals surface area (Å²) in [6, 6.07) is -0.296. The van der Waals surface area contributed by atoms with E-state index >= 15 is 0 Å². The number of rotatable bonds is 3. The van der Waals surface area contributed by atoms with Gasteiger partial charge in [-0.1, -0.05) is 24.3 Å². The standard InChI is InChI=1S/C14H5F15O2/c15-9(16,12(21,22)23)7(10(17,18)13(24,25)26)5-3-1-2-4-6(5)8(30,31-7)11(19,20)14(27,28)29/h1-4,30H/t8-/m0/s1. The zero-order valence-electron chi connectivity index (χ0n) is 13.8. The first kappa shape index (κ1) is 25.4. The minimum absolute atomic E-state index is 0.174. The molecule has 1 aliphatic rings. The Balaban J connectivity index is 3.10. The molecular weight excluding hydrogens is 485 g/mol. The van der Waals surface area contributed by atoms with Gasteiger partial charge < -0.3 is 9.84 Å². The number of hydrogen-bond acceptors (Lipinski definition) is 2. The molecule has 31 heavy (non-hydrogen) atoms. The van der Waals surface area contributed by atoms with Crippen molar-refractivity contribution < 1.29 is 75.7 Å². The fourth-order valence-electron chi connectivity index (χ4n) is 2.91. The van der Waals surface area contributed by atoms with Gasteiger partial charge in [-0.25, -0.2) is 0 Å². The van der Waals surface area contributed by atoms with Gasteiger partial charge in [-0.05, 0) is 0 Å². The van der Waals surface area contributed by atoms with Crippen LogP contribution in [0, 0.1) is 0 Å². The van der Waals surface area contributed by atoms with E-state index in [4.69, 9.17) is 0 Å². The van der Waals surface area contributed by atoms with E-state index in [1.807, 2.05) is 0 Å². The summed E-state index contributed by atoms with van der Waals surface area (Å²) in [5.41, 5.74) is -11.9. The smallest absolute Gasteiger partial charge is 0.357 e. The summed E-state index contributed by atoms with van der Waals surface area (Å²) in [7, 11) is 0. The fraction of sp³-hybridized carbons (Fsp3) is 0.571. The number of alkyl halides is 15. The Morgan fingerprint density at radius 1 is 0.548 bits per heavy atom. The van der Waals surface area contributed by atoms with Crippen LogP contribution in [-0.4, -0.2) is 41.4 Å². The lowest BCUT2D eigenvalue weighted by Crippen LogP contribution is -2.69. The van der Waals surface area contributed by atoms with Crippen LogP contribution in [0.15, 0.2) is 24.3 Å². The number of hydrogen-bond donors (Lipinski definition) is 1. The molecule has 2 nitrogen and oxygen atoms in total. The van der Waals surface area contributed by atoms with E-state index in [0.717, 1.165) is 0 Å². The van der Waals surface area contributed by atoms with E-state index in [1.165, 1.54) is 0 Å². The van der Waals surface area contributed by atoms with Crippen LogP contribution in [-0.2, 0) is 16.1 Å². The molecular formula is C14H5F15O2. The SMILES string of the molecule is O[C@]1(C(F)(F)C(F)(F)F)OC(C(F)(F)C(F)(F)F)(C(F)(F)C(F)(F)F)c2ccccc21. The van der Waals surface area contributed by atoms with Gasteiger partial charge in [0.05, 0.1) is 0 Å². The van der Waals surface area contributed by atoms with Crippen LogP contribution in [0.4, 0.5) is 65.9 Å². The van der Waals surface area contributed by atoms with Gasteiger partial charge in [0, 0.05) is 11.1 Å². The van der Waals surface area contributed by atoms with Gasteiger partial charge in [0.15, 0.2) is 0 Å². The monoisotopic (exact) mass is 490 g/mol. The van der Waals surface area contributed by atoms with E-state index in [9.17, 15) is 71.0 Å². The van der Waals surface area contributed by atoms with Gasteiger partial charge in [0.25, 0.3) is 5.79 Å². The molecule has 0 spiro atoms. The van der Waals surface area contributed by atoms with Gasteiger partial charge in [0.2, 0.25) is 5.60 Å². The normalized spacial score (nSPS) is 23.1. The Morgan fingerprint density at radius 3 is 1.19 bits per heavy atom. The van der Waals surface area contributed by atoms with Gasteiger partial charge in [-0.2, -0.15) is 65.9 Å². The number of fused-ring (bicyclic) bond motifs is 1. The molecule has 1 aliphatic heterocycles. The van der Waals surface area contributed by atoms with E-state index in [0.29, 0.717) is 0 Å². The average Bonchev–Trinajstić information content (AvgIpc) is 2.85. The highest BCUT2D eigenvalue weighted by molar-refractivity contribution is 5.46. The number of aliphatic hydroxyl groups is 1. The summed E-state index contributed by atoms with van der Waals surface area (Å²) in [5.74, 6) is -27.7. The summed E-state index contributed by atoms with van der Waals surface area (Å²) >= 11 is 0. The molecule has 0 amide bonds. The van der Waals surface area contributed by atoms with Crippen molar-refractivity contribution in [3.8, 4) is 0 Å². The molecule has 0 radical (unpaired) electrons. The van der Waals surface area contributed by atoms with E-state index < -0.39 is 64.9 Å².